The molecule has 5 nitrogen and oxygen atoms in total. The van der Waals surface area contributed by atoms with Crippen molar-refractivity contribution in [1.29, 1.82) is 0 Å². The van der Waals surface area contributed by atoms with Gasteiger partial charge >= 0.3 is 0 Å². The Kier molecular flexibility index (Phi) is 4.67. The molecule has 1 aromatic carbocycles. The van der Waals surface area contributed by atoms with E-state index in [9.17, 15) is 8.42 Å². The molecule has 0 bridgehead atoms. The van der Waals surface area contributed by atoms with Crippen LogP contribution in [0.15, 0.2) is 33.5 Å². The monoisotopic (exact) mass is 335 g/mol. The van der Waals surface area contributed by atoms with Gasteiger partial charge in [0.05, 0.1) is 4.90 Å². The maximum Gasteiger partial charge on any atom is 0.263 e. The third-order valence-electron chi connectivity index (χ3n) is 2.02. The minimum Gasteiger partial charge on any atom is -0.253 e. The first kappa shape index (κ1) is 14.6. The summed E-state index contributed by atoms with van der Waals surface area (Å²) in [4.78, 5) is 0.136. The van der Waals surface area contributed by atoms with E-state index in [0.717, 1.165) is 10.1 Å². The van der Waals surface area contributed by atoms with Crippen LogP contribution >= 0.6 is 34.7 Å². The second kappa shape index (κ2) is 6.08. The fourth-order valence-electron chi connectivity index (χ4n) is 1.22. The Morgan fingerprint density at radius 2 is 2.00 bits per heavy atom. The van der Waals surface area contributed by atoms with Crippen molar-refractivity contribution >= 4 is 49.9 Å². The lowest BCUT2D eigenvalue weighted by Gasteiger charge is -2.04. The normalized spacial score (nSPS) is 11.5. The summed E-state index contributed by atoms with van der Waals surface area (Å²) in [5, 5.41) is 8.41. The molecule has 0 saturated carbocycles. The molecule has 0 aliphatic heterocycles. The number of rotatable bonds is 5. The van der Waals surface area contributed by atoms with Crippen LogP contribution in [-0.2, 0) is 10.0 Å². The number of thioether (sulfide) groups is 1. The van der Waals surface area contributed by atoms with Crippen LogP contribution in [-0.4, -0.2) is 24.4 Å². The second-order valence-corrected chi connectivity index (χ2v) is 7.97. The summed E-state index contributed by atoms with van der Waals surface area (Å²) in [6.07, 6.45) is 0. The quantitative estimate of drug-likeness (QED) is 0.850. The van der Waals surface area contributed by atoms with E-state index in [0.29, 0.717) is 5.02 Å². The summed E-state index contributed by atoms with van der Waals surface area (Å²) in [5.41, 5.74) is 0. The average Bonchev–Trinajstić information content (AvgIpc) is 2.77. The first-order valence-electron chi connectivity index (χ1n) is 5.26. The molecule has 0 fully saturated rings. The lowest BCUT2D eigenvalue weighted by Crippen LogP contribution is -2.12. The second-order valence-electron chi connectivity index (χ2n) is 3.37. The molecule has 1 N–H and O–H groups in total. The van der Waals surface area contributed by atoms with Crippen molar-refractivity contribution in [2.45, 2.75) is 16.2 Å². The van der Waals surface area contributed by atoms with Crippen LogP contribution < -0.4 is 4.72 Å². The fourth-order valence-corrected chi connectivity index (χ4v) is 4.23. The molecular weight excluding hydrogens is 326 g/mol. The minimum absolute atomic E-state index is 0.136. The molecule has 0 atom stereocenters. The van der Waals surface area contributed by atoms with E-state index in [2.05, 4.69) is 14.9 Å². The highest BCUT2D eigenvalue weighted by Crippen LogP contribution is 2.26. The van der Waals surface area contributed by atoms with Gasteiger partial charge in [-0.05, 0) is 30.0 Å². The van der Waals surface area contributed by atoms with E-state index in [1.807, 2.05) is 6.92 Å². The van der Waals surface area contributed by atoms with Gasteiger partial charge in [0, 0.05) is 5.02 Å². The Hall–Kier alpha value is -0.830. The molecular formula is C10H10ClN3O2S3. The Balaban J connectivity index is 2.18. The van der Waals surface area contributed by atoms with E-state index in [4.69, 9.17) is 11.6 Å². The zero-order chi connectivity index (χ0) is 13.9. The van der Waals surface area contributed by atoms with Crippen molar-refractivity contribution in [2.24, 2.45) is 0 Å². The highest BCUT2D eigenvalue weighted by atomic mass is 35.5. The van der Waals surface area contributed by atoms with Gasteiger partial charge in [-0.15, -0.1) is 10.2 Å². The summed E-state index contributed by atoms with van der Waals surface area (Å²) in [6, 6.07) is 5.92. The number of benzene rings is 1. The molecule has 9 heteroatoms. The molecule has 2 rings (SSSR count). The number of nitrogens with zero attached hydrogens (tertiary/aromatic N) is 2. The molecule has 0 aliphatic rings. The smallest absolute Gasteiger partial charge is 0.253 e. The largest absolute Gasteiger partial charge is 0.263 e. The van der Waals surface area contributed by atoms with Crippen LogP contribution in [0.2, 0.25) is 5.02 Å². The SMILES string of the molecule is CCSc1nnc(NS(=O)(=O)c2ccc(Cl)cc2)s1. The third kappa shape index (κ3) is 3.82. The van der Waals surface area contributed by atoms with Crippen molar-refractivity contribution in [3.05, 3.63) is 29.3 Å². The lowest BCUT2D eigenvalue weighted by atomic mass is 10.4. The van der Waals surface area contributed by atoms with Crippen LogP contribution in [0.4, 0.5) is 5.13 Å². The van der Waals surface area contributed by atoms with Crippen molar-refractivity contribution in [1.82, 2.24) is 10.2 Å². The summed E-state index contributed by atoms with van der Waals surface area (Å²) in [7, 11) is -3.64. The number of nitrogens with one attached hydrogen (secondary N) is 1. The van der Waals surface area contributed by atoms with Gasteiger partial charge in [-0.1, -0.05) is 41.6 Å². The number of anilines is 1. The molecule has 1 aromatic heterocycles. The van der Waals surface area contributed by atoms with Crippen LogP contribution in [0.1, 0.15) is 6.92 Å². The number of hydrogen-bond acceptors (Lipinski definition) is 6. The maximum atomic E-state index is 12.1. The molecule has 0 saturated heterocycles. The maximum absolute atomic E-state index is 12.1. The molecule has 0 radical (unpaired) electrons. The van der Waals surface area contributed by atoms with E-state index < -0.39 is 10.0 Å². The summed E-state index contributed by atoms with van der Waals surface area (Å²) >= 11 is 8.44. The molecule has 0 amide bonds. The van der Waals surface area contributed by atoms with Crippen LogP contribution in [0.25, 0.3) is 0 Å². The van der Waals surface area contributed by atoms with Crippen molar-refractivity contribution in [2.75, 3.05) is 10.5 Å². The van der Waals surface area contributed by atoms with Gasteiger partial charge in [-0.3, -0.25) is 4.72 Å². The summed E-state index contributed by atoms with van der Waals surface area (Å²) in [6.45, 7) is 1.99. The molecule has 0 unspecified atom stereocenters. The number of hydrogen-bond donors (Lipinski definition) is 1. The highest BCUT2D eigenvalue weighted by Gasteiger charge is 2.16. The molecule has 0 aliphatic carbocycles. The molecule has 2 aromatic rings. The van der Waals surface area contributed by atoms with Gasteiger partial charge in [0.15, 0.2) is 4.34 Å². The zero-order valence-corrected chi connectivity index (χ0v) is 13.0. The van der Waals surface area contributed by atoms with Gasteiger partial charge in [0.25, 0.3) is 10.0 Å². The minimum atomic E-state index is -3.64. The lowest BCUT2D eigenvalue weighted by molar-refractivity contribution is 0.601. The standard InChI is InChI=1S/C10H10ClN3O2S3/c1-2-17-10-13-12-9(18-10)14-19(15,16)8-5-3-7(11)4-6-8/h3-6H,2H2,1H3,(H,12,14). The number of aromatic nitrogens is 2. The van der Waals surface area contributed by atoms with Crippen LogP contribution in [0, 0.1) is 0 Å². The average molecular weight is 336 g/mol. The molecule has 102 valence electrons. The van der Waals surface area contributed by atoms with Gasteiger partial charge < -0.3 is 0 Å². The Morgan fingerprint density at radius 1 is 1.32 bits per heavy atom. The fraction of sp³-hybridized carbons (Fsp3) is 0.200. The van der Waals surface area contributed by atoms with E-state index >= 15 is 0 Å². The third-order valence-corrected chi connectivity index (χ3v) is 5.61. The van der Waals surface area contributed by atoms with E-state index in [1.165, 1.54) is 47.4 Å². The highest BCUT2D eigenvalue weighted by molar-refractivity contribution is 8.01. The van der Waals surface area contributed by atoms with Gasteiger partial charge in [-0.2, -0.15) is 0 Å². The van der Waals surface area contributed by atoms with Gasteiger partial charge in [0.1, 0.15) is 0 Å². The van der Waals surface area contributed by atoms with Crippen molar-refractivity contribution in [3.63, 3.8) is 0 Å². The molecule has 1 heterocycles. The first-order chi connectivity index (χ1) is 9.01. The summed E-state index contributed by atoms with van der Waals surface area (Å²) < 4.78 is 27.2. The predicted octanol–water partition coefficient (Wildman–Crippen LogP) is 3.10. The van der Waals surface area contributed by atoms with Gasteiger partial charge in [-0.25, -0.2) is 8.42 Å². The van der Waals surface area contributed by atoms with Crippen molar-refractivity contribution in [3.8, 4) is 0 Å². The Labute approximate surface area is 124 Å². The topological polar surface area (TPSA) is 72.0 Å². The number of sulfonamides is 1. The van der Waals surface area contributed by atoms with Gasteiger partial charge in [0.2, 0.25) is 5.13 Å². The Morgan fingerprint density at radius 3 is 2.63 bits per heavy atom. The van der Waals surface area contributed by atoms with E-state index in [1.54, 1.807) is 0 Å². The molecule has 19 heavy (non-hydrogen) atoms. The Bertz CT molecular complexity index is 655. The molecule has 0 spiro atoms. The first-order valence-corrected chi connectivity index (χ1v) is 8.92. The summed E-state index contributed by atoms with van der Waals surface area (Å²) in [5.74, 6) is 0.860. The zero-order valence-electron chi connectivity index (χ0n) is 9.83. The van der Waals surface area contributed by atoms with Crippen LogP contribution in [0.3, 0.4) is 0 Å². The van der Waals surface area contributed by atoms with E-state index in [-0.39, 0.29) is 10.0 Å². The predicted molar refractivity (Wildman–Crippen MR) is 78.6 cm³/mol. The number of halogens is 1. The van der Waals surface area contributed by atoms with Crippen LogP contribution in [0.5, 0.6) is 0 Å². The van der Waals surface area contributed by atoms with Crippen molar-refractivity contribution < 1.29 is 8.42 Å².